The topological polar surface area (TPSA) is 102 Å². The van der Waals surface area contributed by atoms with Gasteiger partial charge in [-0.25, -0.2) is 0 Å². The van der Waals surface area contributed by atoms with E-state index in [4.69, 9.17) is 33.1 Å². The molecule has 0 aliphatic rings. The fourth-order valence-corrected chi connectivity index (χ4v) is 2.06. The van der Waals surface area contributed by atoms with E-state index in [9.17, 15) is 10.2 Å². The predicted molar refractivity (Wildman–Crippen MR) is 104 cm³/mol. The van der Waals surface area contributed by atoms with Crippen LogP contribution in [0.3, 0.4) is 0 Å². The van der Waals surface area contributed by atoms with Gasteiger partial charge in [-0.1, -0.05) is 23.2 Å². The van der Waals surface area contributed by atoms with Gasteiger partial charge in [-0.15, -0.1) is 0 Å². The number of carboxylic acid groups (broad SMARTS) is 1. The van der Waals surface area contributed by atoms with Gasteiger partial charge in [-0.05, 0) is 36.4 Å². The average Bonchev–Trinajstić information content (AvgIpc) is 2.56. The number of carboxylic acids is 1. The number of hydrogen-bond acceptors (Lipinski definition) is 5. The standard InChI is InChI=1S/C16H14Cl2N2O2.C2H4O2.Mn/c17-13-1-3-15(21)11(7-13)9-19-5-6-20-10-12-8-14(18)2-4-16(12)22;1-2(3)4;/h1-4,7-10,21-22H,5-6H2;1H3,(H,3,4);. The zero-order valence-corrected chi connectivity index (χ0v) is 17.0. The normalized spacial score (nSPS) is 10.3. The van der Waals surface area contributed by atoms with Crippen LogP contribution in [-0.2, 0) is 21.9 Å². The van der Waals surface area contributed by atoms with Crippen molar-refractivity contribution in [2.24, 2.45) is 9.98 Å². The first-order valence-corrected chi connectivity index (χ1v) is 8.21. The summed E-state index contributed by atoms with van der Waals surface area (Å²) >= 11 is 11.7. The molecule has 2 rings (SSSR count). The molecule has 9 heteroatoms. The Kier molecular flexibility index (Phi) is 12.2. The molecule has 27 heavy (non-hydrogen) atoms. The Morgan fingerprint density at radius 3 is 1.59 bits per heavy atom. The van der Waals surface area contributed by atoms with Crippen LogP contribution in [-0.4, -0.2) is 46.8 Å². The van der Waals surface area contributed by atoms with Gasteiger partial charge in [0.2, 0.25) is 0 Å². The molecule has 0 saturated carbocycles. The van der Waals surface area contributed by atoms with Gasteiger partial charge in [0.25, 0.3) is 5.97 Å². The largest absolute Gasteiger partial charge is 0.507 e. The summed E-state index contributed by atoms with van der Waals surface area (Å²) in [4.78, 5) is 17.3. The van der Waals surface area contributed by atoms with Crippen LogP contribution in [0.25, 0.3) is 0 Å². The zero-order chi connectivity index (χ0) is 19.5. The van der Waals surface area contributed by atoms with Crippen LogP contribution in [0.4, 0.5) is 0 Å². The van der Waals surface area contributed by atoms with Crippen LogP contribution >= 0.6 is 23.2 Å². The maximum Gasteiger partial charge on any atom is 0.300 e. The number of aliphatic imine (C=N–C) groups is 2. The number of benzene rings is 2. The molecular formula is C18H18Cl2MnN2O4. The number of hydrogen-bond donors (Lipinski definition) is 3. The van der Waals surface area contributed by atoms with E-state index in [1.807, 2.05) is 0 Å². The Morgan fingerprint density at radius 2 is 1.26 bits per heavy atom. The van der Waals surface area contributed by atoms with Crippen LogP contribution in [0.15, 0.2) is 46.4 Å². The molecule has 0 aromatic heterocycles. The van der Waals surface area contributed by atoms with E-state index in [1.165, 1.54) is 12.1 Å². The number of phenolic OH excluding ortho intramolecular Hbond substituents is 2. The summed E-state index contributed by atoms with van der Waals surface area (Å²) in [6, 6.07) is 9.51. The van der Waals surface area contributed by atoms with Crippen molar-refractivity contribution in [3.63, 3.8) is 0 Å². The average molecular weight is 452 g/mol. The van der Waals surface area contributed by atoms with Crippen molar-refractivity contribution >= 4 is 41.6 Å². The molecule has 0 atom stereocenters. The Bertz CT molecular complexity index is 748. The van der Waals surface area contributed by atoms with E-state index < -0.39 is 5.97 Å². The van der Waals surface area contributed by atoms with Crippen molar-refractivity contribution in [1.82, 2.24) is 0 Å². The van der Waals surface area contributed by atoms with Gasteiger partial charge in [-0.3, -0.25) is 14.8 Å². The first-order valence-electron chi connectivity index (χ1n) is 7.46. The summed E-state index contributed by atoms with van der Waals surface area (Å²) in [6.07, 6.45) is 3.10. The molecule has 0 saturated heterocycles. The number of rotatable bonds is 5. The summed E-state index contributed by atoms with van der Waals surface area (Å²) in [5.41, 5.74) is 1.12. The number of nitrogens with zero attached hydrogens (tertiary/aromatic N) is 2. The van der Waals surface area contributed by atoms with Crippen molar-refractivity contribution in [1.29, 1.82) is 0 Å². The van der Waals surface area contributed by atoms with E-state index in [1.54, 1.807) is 36.7 Å². The summed E-state index contributed by atoms with van der Waals surface area (Å²) in [5, 5.41) is 27.7. The minimum Gasteiger partial charge on any atom is -0.507 e. The van der Waals surface area contributed by atoms with Gasteiger partial charge in [0, 0.05) is 57.6 Å². The first kappa shape index (κ1) is 24.9. The fourth-order valence-electron chi connectivity index (χ4n) is 1.70. The summed E-state index contributed by atoms with van der Waals surface area (Å²) < 4.78 is 0. The maximum absolute atomic E-state index is 9.62. The SMILES string of the molecule is CC(=O)O.Oc1ccc(Cl)cc1C=NCCN=Cc1cc(Cl)ccc1O.[Mn]. The quantitative estimate of drug-likeness (QED) is 0.362. The molecule has 0 spiro atoms. The van der Waals surface area contributed by atoms with E-state index in [0.717, 1.165) is 6.92 Å². The minimum absolute atomic E-state index is 0. The maximum atomic E-state index is 9.62. The molecule has 0 aliphatic heterocycles. The Morgan fingerprint density at radius 1 is 0.926 bits per heavy atom. The molecule has 2 aromatic rings. The van der Waals surface area contributed by atoms with Crippen LogP contribution in [0.1, 0.15) is 18.1 Å². The predicted octanol–water partition coefficient (Wildman–Crippen LogP) is 4.03. The van der Waals surface area contributed by atoms with Crippen LogP contribution in [0.2, 0.25) is 10.0 Å². The minimum atomic E-state index is -0.833. The van der Waals surface area contributed by atoms with Crippen LogP contribution in [0.5, 0.6) is 11.5 Å². The third kappa shape index (κ3) is 10.6. The monoisotopic (exact) mass is 451 g/mol. The molecule has 3 N–H and O–H groups in total. The number of halogens is 2. The number of phenols is 2. The number of aromatic hydroxyl groups is 2. The van der Waals surface area contributed by atoms with Crippen molar-refractivity contribution < 1.29 is 37.2 Å². The molecule has 0 heterocycles. The smallest absolute Gasteiger partial charge is 0.300 e. The molecule has 1 radical (unpaired) electrons. The Balaban J connectivity index is 0.00000123. The third-order valence-electron chi connectivity index (χ3n) is 2.80. The van der Waals surface area contributed by atoms with E-state index >= 15 is 0 Å². The second-order valence-corrected chi connectivity index (χ2v) is 5.87. The molecule has 0 fully saturated rings. The van der Waals surface area contributed by atoms with Crippen molar-refractivity contribution in [3.05, 3.63) is 57.6 Å². The van der Waals surface area contributed by atoms with E-state index in [2.05, 4.69) is 9.98 Å². The van der Waals surface area contributed by atoms with Gasteiger partial charge < -0.3 is 15.3 Å². The molecule has 145 valence electrons. The second-order valence-electron chi connectivity index (χ2n) is 5.00. The van der Waals surface area contributed by atoms with Gasteiger partial charge in [0.1, 0.15) is 11.5 Å². The molecule has 0 bridgehead atoms. The van der Waals surface area contributed by atoms with E-state index in [-0.39, 0.29) is 28.6 Å². The fraction of sp³-hybridized carbons (Fsp3) is 0.167. The first-order chi connectivity index (χ1) is 12.3. The van der Waals surface area contributed by atoms with Gasteiger partial charge in [-0.2, -0.15) is 0 Å². The Hall–Kier alpha value is -2.05. The van der Waals surface area contributed by atoms with Gasteiger partial charge in [0.05, 0.1) is 13.1 Å². The summed E-state index contributed by atoms with van der Waals surface area (Å²) in [6.45, 7) is 1.98. The van der Waals surface area contributed by atoms with Crippen LogP contribution < -0.4 is 0 Å². The zero-order valence-electron chi connectivity index (χ0n) is 14.3. The molecule has 0 unspecified atom stereocenters. The van der Waals surface area contributed by atoms with Gasteiger partial charge >= 0.3 is 0 Å². The molecule has 0 aliphatic carbocycles. The third-order valence-corrected chi connectivity index (χ3v) is 3.27. The summed E-state index contributed by atoms with van der Waals surface area (Å²) in [5.74, 6) is -0.582. The van der Waals surface area contributed by atoms with Crippen LogP contribution in [0, 0.1) is 0 Å². The van der Waals surface area contributed by atoms with E-state index in [0.29, 0.717) is 34.3 Å². The number of carbonyl (C=O) groups is 1. The molecular weight excluding hydrogens is 434 g/mol. The van der Waals surface area contributed by atoms with Crippen molar-refractivity contribution in [2.45, 2.75) is 6.92 Å². The molecule has 2 aromatic carbocycles. The van der Waals surface area contributed by atoms with Crippen molar-refractivity contribution in [2.75, 3.05) is 13.1 Å². The summed E-state index contributed by atoms with van der Waals surface area (Å²) in [7, 11) is 0. The van der Waals surface area contributed by atoms with Crippen molar-refractivity contribution in [3.8, 4) is 11.5 Å². The Labute approximate surface area is 177 Å². The molecule has 6 nitrogen and oxygen atoms in total. The van der Waals surface area contributed by atoms with Gasteiger partial charge in [0.15, 0.2) is 0 Å². The second kappa shape index (κ2) is 13.2. The molecule has 0 amide bonds. The number of aliphatic carboxylic acids is 1.